The Morgan fingerprint density at radius 1 is 1.00 bits per heavy atom. The standard InChI is InChI=1S/C25H26N6OS/c1-29(2)21(32)16-30-12-14-31(15-13-30)24-22-19(18-8-4-3-5-9-18)17-33-25(22)28-23(27-24)20-10-6-7-11-26-20/h3-11,17H,12-16H2,1-2H3. The third-order valence-corrected chi connectivity index (χ3v) is 6.79. The lowest BCUT2D eigenvalue weighted by Crippen LogP contribution is -2.49. The van der Waals surface area contributed by atoms with Crippen LogP contribution in [0.1, 0.15) is 0 Å². The fourth-order valence-corrected chi connectivity index (χ4v) is 4.98. The molecule has 1 aliphatic rings. The van der Waals surface area contributed by atoms with E-state index in [4.69, 9.17) is 9.97 Å². The largest absolute Gasteiger partial charge is 0.353 e. The van der Waals surface area contributed by atoms with Gasteiger partial charge in [0.1, 0.15) is 16.3 Å². The summed E-state index contributed by atoms with van der Waals surface area (Å²) in [5.41, 5.74) is 3.09. The van der Waals surface area contributed by atoms with E-state index >= 15 is 0 Å². The molecule has 0 unspecified atom stereocenters. The number of pyridine rings is 1. The van der Waals surface area contributed by atoms with E-state index in [9.17, 15) is 4.79 Å². The second-order valence-electron chi connectivity index (χ2n) is 8.33. The summed E-state index contributed by atoms with van der Waals surface area (Å²) in [6.07, 6.45) is 1.77. The number of aromatic nitrogens is 3. The van der Waals surface area contributed by atoms with Crippen molar-refractivity contribution in [3.63, 3.8) is 0 Å². The Bertz CT molecular complexity index is 1250. The lowest BCUT2D eigenvalue weighted by atomic mass is 10.1. The summed E-state index contributed by atoms with van der Waals surface area (Å²) in [4.78, 5) is 33.7. The summed E-state index contributed by atoms with van der Waals surface area (Å²) in [6, 6.07) is 16.2. The van der Waals surface area contributed by atoms with Crippen LogP contribution in [0.25, 0.3) is 32.9 Å². The Morgan fingerprint density at radius 2 is 1.76 bits per heavy atom. The van der Waals surface area contributed by atoms with Gasteiger partial charge in [-0.25, -0.2) is 9.97 Å². The molecule has 0 spiro atoms. The zero-order valence-electron chi connectivity index (χ0n) is 18.8. The van der Waals surface area contributed by atoms with Crippen LogP contribution in [-0.4, -0.2) is 77.5 Å². The number of amides is 1. The lowest BCUT2D eigenvalue weighted by molar-refractivity contribution is -0.129. The molecule has 1 saturated heterocycles. The van der Waals surface area contributed by atoms with Crippen molar-refractivity contribution < 1.29 is 4.79 Å². The van der Waals surface area contributed by atoms with Gasteiger partial charge in [0.15, 0.2) is 5.82 Å². The van der Waals surface area contributed by atoms with Crippen LogP contribution in [0.5, 0.6) is 0 Å². The summed E-state index contributed by atoms with van der Waals surface area (Å²) >= 11 is 1.64. The van der Waals surface area contributed by atoms with Gasteiger partial charge in [0.25, 0.3) is 0 Å². The van der Waals surface area contributed by atoms with Crippen molar-refractivity contribution in [3.05, 3.63) is 60.1 Å². The summed E-state index contributed by atoms with van der Waals surface area (Å²) in [6.45, 7) is 3.69. The molecule has 0 bridgehead atoms. The highest BCUT2D eigenvalue weighted by molar-refractivity contribution is 7.17. The van der Waals surface area contributed by atoms with E-state index in [1.807, 2.05) is 24.3 Å². The fourth-order valence-electron chi connectivity index (χ4n) is 4.04. The predicted octanol–water partition coefficient (Wildman–Crippen LogP) is 3.63. The van der Waals surface area contributed by atoms with Crippen LogP contribution in [0.4, 0.5) is 5.82 Å². The van der Waals surface area contributed by atoms with Gasteiger partial charge in [-0.1, -0.05) is 36.4 Å². The van der Waals surface area contributed by atoms with Crippen molar-refractivity contribution in [3.8, 4) is 22.6 Å². The molecule has 0 radical (unpaired) electrons. The molecule has 7 nitrogen and oxygen atoms in total. The molecule has 1 aliphatic heterocycles. The molecule has 3 aromatic heterocycles. The van der Waals surface area contributed by atoms with Crippen molar-refractivity contribution in [2.45, 2.75) is 0 Å². The molecule has 0 atom stereocenters. The maximum atomic E-state index is 12.2. The van der Waals surface area contributed by atoms with Crippen LogP contribution in [0.15, 0.2) is 60.1 Å². The minimum atomic E-state index is 0.134. The van der Waals surface area contributed by atoms with Crippen molar-refractivity contribution in [1.29, 1.82) is 0 Å². The third-order valence-electron chi connectivity index (χ3n) is 5.92. The number of hydrogen-bond acceptors (Lipinski definition) is 7. The number of anilines is 1. The van der Waals surface area contributed by atoms with Gasteiger partial charge in [-0.3, -0.25) is 14.7 Å². The Morgan fingerprint density at radius 3 is 2.45 bits per heavy atom. The van der Waals surface area contributed by atoms with Crippen LogP contribution >= 0.6 is 11.3 Å². The van der Waals surface area contributed by atoms with Gasteiger partial charge in [0, 0.05) is 57.4 Å². The maximum absolute atomic E-state index is 12.2. The highest BCUT2D eigenvalue weighted by atomic mass is 32.1. The van der Waals surface area contributed by atoms with Crippen LogP contribution < -0.4 is 4.90 Å². The summed E-state index contributed by atoms with van der Waals surface area (Å²) < 4.78 is 0. The number of benzene rings is 1. The Balaban J connectivity index is 1.53. The van der Waals surface area contributed by atoms with E-state index in [0.29, 0.717) is 12.4 Å². The molecule has 5 rings (SSSR count). The number of hydrogen-bond donors (Lipinski definition) is 0. The minimum Gasteiger partial charge on any atom is -0.353 e. The van der Waals surface area contributed by atoms with Crippen molar-refractivity contribution in [2.75, 3.05) is 51.7 Å². The topological polar surface area (TPSA) is 65.5 Å². The third kappa shape index (κ3) is 4.44. The predicted molar refractivity (Wildman–Crippen MR) is 133 cm³/mol. The molecule has 0 N–H and O–H groups in total. The summed E-state index contributed by atoms with van der Waals surface area (Å²) in [7, 11) is 3.61. The van der Waals surface area contributed by atoms with E-state index < -0.39 is 0 Å². The molecule has 1 fully saturated rings. The number of piperazine rings is 1. The molecule has 33 heavy (non-hydrogen) atoms. The molecule has 0 saturated carbocycles. The molecule has 1 amide bonds. The highest BCUT2D eigenvalue weighted by Gasteiger charge is 2.25. The zero-order valence-corrected chi connectivity index (χ0v) is 19.6. The molecule has 1 aromatic carbocycles. The first kappa shape index (κ1) is 21.5. The lowest BCUT2D eigenvalue weighted by Gasteiger charge is -2.35. The van der Waals surface area contributed by atoms with Crippen LogP contribution in [-0.2, 0) is 4.79 Å². The summed E-state index contributed by atoms with van der Waals surface area (Å²) in [5.74, 6) is 1.72. The fraction of sp³-hybridized carbons (Fsp3) is 0.280. The van der Waals surface area contributed by atoms with Crippen LogP contribution in [0, 0.1) is 0 Å². The number of likely N-dealkylation sites (N-methyl/N-ethyl adjacent to an activating group) is 1. The minimum absolute atomic E-state index is 0.134. The molecular formula is C25H26N6OS. The molecule has 8 heteroatoms. The van der Waals surface area contributed by atoms with E-state index in [-0.39, 0.29) is 5.91 Å². The smallest absolute Gasteiger partial charge is 0.236 e. The van der Waals surface area contributed by atoms with Gasteiger partial charge in [-0.15, -0.1) is 11.3 Å². The average Bonchev–Trinajstić information content (AvgIpc) is 3.29. The van der Waals surface area contributed by atoms with Gasteiger partial charge >= 0.3 is 0 Å². The van der Waals surface area contributed by atoms with Crippen LogP contribution in [0.3, 0.4) is 0 Å². The quantitative estimate of drug-likeness (QED) is 0.455. The molecule has 0 aliphatic carbocycles. The van der Waals surface area contributed by atoms with Gasteiger partial charge in [-0.2, -0.15) is 0 Å². The SMILES string of the molecule is CN(C)C(=O)CN1CCN(c2nc(-c3ccccn3)nc3scc(-c4ccccc4)c23)CC1. The first-order valence-electron chi connectivity index (χ1n) is 11.0. The number of carbonyl (C=O) groups is 1. The van der Waals surface area contributed by atoms with E-state index in [2.05, 4.69) is 44.4 Å². The van der Waals surface area contributed by atoms with E-state index in [1.54, 1.807) is 36.5 Å². The Kier molecular flexibility index (Phi) is 6.02. The number of thiophene rings is 1. The van der Waals surface area contributed by atoms with Crippen molar-refractivity contribution in [2.24, 2.45) is 0 Å². The van der Waals surface area contributed by atoms with E-state index in [1.165, 1.54) is 0 Å². The molecule has 4 heterocycles. The zero-order chi connectivity index (χ0) is 22.8. The Labute approximate surface area is 197 Å². The number of nitrogens with zero attached hydrogens (tertiary/aromatic N) is 6. The first-order valence-corrected chi connectivity index (χ1v) is 11.9. The highest BCUT2D eigenvalue weighted by Crippen LogP contribution is 2.39. The summed E-state index contributed by atoms with van der Waals surface area (Å²) in [5, 5.41) is 3.26. The molecular weight excluding hydrogens is 432 g/mol. The average molecular weight is 459 g/mol. The number of carbonyl (C=O) groups excluding carboxylic acids is 1. The molecule has 4 aromatic rings. The second kappa shape index (κ2) is 9.25. The second-order valence-corrected chi connectivity index (χ2v) is 9.19. The number of rotatable bonds is 5. The number of fused-ring (bicyclic) bond motifs is 1. The van der Waals surface area contributed by atoms with Crippen LogP contribution in [0.2, 0.25) is 0 Å². The maximum Gasteiger partial charge on any atom is 0.236 e. The van der Waals surface area contributed by atoms with Gasteiger partial charge in [-0.05, 0) is 17.7 Å². The Hall–Kier alpha value is -3.36. The van der Waals surface area contributed by atoms with Gasteiger partial charge < -0.3 is 9.80 Å². The normalized spacial score (nSPS) is 14.5. The molecule has 168 valence electrons. The van der Waals surface area contributed by atoms with Gasteiger partial charge in [0.2, 0.25) is 5.91 Å². The van der Waals surface area contributed by atoms with Crippen molar-refractivity contribution >= 4 is 33.3 Å². The first-order chi connectivity index (χ1) is 16.1. The monoisotopic (exact) mass is 458 g/mol. The van der Waals surface area contributed by atoms with E-state index in [0.717, 1.165) is 59.0 Å². The van der Waals surface area contributed by atoms with Gasteiger partial charge in [0.05, 0.1) is 11.9 Å². The van der Waals surface area contributed by atoms with Crippen molar-refractivity contribution in [1.82, 2.24) is 24.8 Å².